The van der Waals surface area contributed by atoms with Crippen molar-refractivity contribution in [3.8, 4) is 6.07 Å². The topological polar surface area (TPSA) is 155 Å². The summed E-state index contributed by atoms with van der Waals surface area (Å²) in [4.78, 5) is 52.9. The Morgan fingerprint density at radius 1 is 1.08 bits per heavy atom. The highest BCUT2D eigenvalue weighted by atomic mass is 35.5. The third-order valence-corrected chi connectivity index (χ3v) is 6.02. The number of carbonyl (C=O) groups is 4. The Bertz CT molecular complexity index is 1250. The molecule has 2 aromatic carbocycles. The molecule has 0 saturated heterocycles. The first kappa shape index (κ1) is 31.1. The summed E-state index contributed by atoms with van der Waals surface area (Å²) in [5.74, 6) is -2.06. The maximum Gasteiger partial charge on any atom is 0.408 e. The van der Waals surface area contributed by atoms with E-state index in [0.717, 1.165) is 4.90 Å². The van der Waals surface area contributed by atoms with Gasteiger partial charge in [-0.25, -0.2) is 4.79 Å². The van der Waals surface area contributed by atoms with Gasteiger partial charge in [-0.1, -0.05) is 48.0 Å². The Morgan fingerprint density at radius 3 is 2.28 bits per heavy atom. The standard InChI is InChI=1S/C28H34ClN5O5/c1-17-9-6-7-11-19(17)24(25(36)33-23-18(2)10-8-12-20(23)29)34(16-15-30)26(37)21(13-14-22(31)35)32-27(38)39-28(3,4)5/h6-12,21,24H,13-14,16H2,1-5H3,(H2,31,35)(H,32,38)(H,33,36). The normalized spacial score (nSPS) is 12.4. The molecule has 4 amide bonds. The van der Waals surface area contributed by atoms with Crippen molar-refractivity contribution in [2.24, 2.45) is 5.73 Å². The van der Waals surface area contributed by atoms with Crippen molar-refractivity contribution in [3.63, 3.8) is 0 Å². The number of amides is 4. The molecule has 2 aromatic rings. The molecule has 208 valence electrons. The number of ether oxygens (including phenoxy) is 1. The maximum absolute atomic E-state index is 13.9. The molecule has 2 atom stereocenters. The van der Waals surface area contributed by atoms with Crippen LogP contribution in [0.3, 0.4) is 0 Å². The zero-order valence-electron chi connectivity index (χ0n) is 22.7. The molecule has 0 bridgehead atoms. The molecule has 0 spiro atoms. The molecule has 4 N–H and O–H groups in total. The molecule has 0 fully saturated rings. The number of carbonyl (C=O) groups excluding carboxylic acids is 4. The number of nitriles is 1. The lowest BCUT2D eigenvalue weighted by Crippen LogP contribution is -2.52. The molecule has 39 heavy (non-hydrogen) atoms. The van der Waals surface area contributed by atoms with E-state index in [-0.39, 0.29) is 12.8 Å². The van der Waals surface area contributed by atoms with Gasteiger partial charge in [0.15, 0.2) is 0 Å². The van der Waals surface area contributed by atoms with E-state index in [0.29, 0.717) is 27.4 Å². The molecular weight excluding hydrogens is 522 g/mol. The highest BCUT2D eigenvalue weighted by Crippen LogP contribution is 2.30. The van der Waals surface area contributed by atoms with E-state index in [1.165, 1.54) is 0 Å². The van der Waals surface area contributed by atoms with Gasteiger partial charge in [0.1, 0.15) is 24.2 Å². The van der Waals surface area contributed by atoms with Gasteiger partial charge in [-0.3, -0.25) is 14.4 Å². The van der Waals surface area contributed by atoms with Gasteiger partial charge in [-0.15, -0.1) is 0 Å². The monoisotopic (exact) mass is 555 g/mol. The Hall–Kier alpha value is -4.10. The van der Waals surface area contributed by atoms with Crippen LogP contribution in [0.25, 0.3) is 0 Å². The smallest absolute Gasteiger partial charge is 0.408 e. The van der Waals surface area contributed by atoms with Crippen molar-refractivity contribution < 1.29 is 23.9 Å². The number of nitrogens with zero attached hydrogens (tertiary/aromatic N) is 2. The van der Waals surface area contributed by atoms with Gasteiger partial charge in [0.25, 0.3) is 5.91 Å². The molecule has 0 saturated carbocycles. The number of benzene rings is 2. The minimum atomic E-state index is -1.30. The largest absolute Gasteiger partial charge is 0.444 e. The fourth-order valence-electron chi connectivity index (χ4n) is 3.89. The third kappa shape index (κ3) is 9.00. The van der Waals surface area contributed by atoms with Crippen LogP contribution in [-0.2, 0) is 19.1 Å². The van der Waals surface area contributed by atoms with Crippen molar-refractivity contribution >= 4 is 41.1 Å². The van der Waals surface area contributed by atoms with Crippen LogP contribution in [-0.4, -0.2) is 46.9 Å². The second-order valence-corrected chi connectivity index (χ2v) is 10.4. The number of nitrogens with two attached hydrogens (primary N) is 1. The summed E-state index contributed by atoms with van der Waals surface area (Å²) in [6.07, 6.45) is -1.29. The summed E-state index contributed by atoms with van der Waals surface area (Å²) in [5, 5.41) is 15.2. The van der Waals surface area contributed by atoms with Crippen molar-refractivity contribution in [2.45, 2.75) is 65.1 Å². The molecule has 11 heteroatoms. The number of rotatable bonds is 10. The van der Waals surface area contributed by atoms with E-state index in [1.807, 2.05) is 6.07 Å². The fraction of sp³-hybridized carbons (Fsp3) is 0.393. The first-order valence-corrected chi connectivity index (χ1v) is 12.7. The van der Waals surface area contributed by atoms with E-state index < -0.39 is 48.0 Å². The van der Waals surface area contributed by atoms with E-state index in [2.05, 4.69) is 10.6 Å². The average Bonchev–Trinajstić information content (AvgIpc) is 2.83. The van der Waals surface area contributed by atoms with Crippen molar-refractivity contribution in [1.82, 2.24) is 10.2 Å². The number of hydrogen-bond acceptors (Lipinski definition) is 6. The van der Waals surface area contributed by atoms with E-state index in [9.17, 15) is 24.4 Å². The number of nitrogens with one attached hydrogen (secondary N) is 2. The van der Waals surface area contributed by atoms with Crippen LogP contribution in [0.4, 0.5) is 10.5 Å². The summed E-state index contributed by atoms with van der Waals surface area (Å²) in [6.45, 7) is 8.02. The Labute approximate surface area is 233 Å². The van der Waals surface area contributed by atoms with Crippen LogP contribution in [0.5, 0.6) is 0 Å². The van der Waals surface area contributed by atoms with Crippen molar-refractivity contribution in [2.75, 3.05) is 11.9 Å². The van der Waals surface area contributed by atoms with Gasteiger partial charge in [0.2, 0.25) is 11.8 Å². The predicted octanol–water partition coefficient (Wildman–Crippen LogP) is 4.15. The number of aryl methyl sites for hydroxylation is 2. The number of halogens is 1. The summed E-state index contributed by atoms with van der Waals surface area (Å²) < 4.78 is 5.29. The molecule has 0 aromatic heterocycles. The molecule has 0 aliphatic rings. The first-order chi connectivity index (χ1) is 18.2. The summed E-state index contributed by atoms with van der Waals surface area (Å²) in [5.41, 5.74) is 6.67. The molecule has 0 aliphatic heterocycles. The lowest BCUT2D eigenvalue weighted by atomic mass is 9.97. The zero-order valence-corrected chi connectivity index (χ0v) is 23.5. The lowest BCUT2D eigenvalue weighted by molar-refractivity contribution is -0.140. The molecule has 2 rings (SSSR count). The third-order valence-electron chi connectivity index (χ3n) is 5.71. The van der Waals surface area contributed by atoms with Gasteiger partial charge in [0, 0.05) is 6.42 Å². The predicted molar refractivity (Wildman–Crippen MR) is 148 cm³/mol. The molecule has 0 radical (unpaired) electrons. The summed E-state index contributed by atoms with van der Waals surface area (Å²) in [7, 11) is 0. The Balaban J connectivity index is 2.57. The van der Waals surface area contributed by atoms with Gasteiger partial charge in [-0.05, 0) is 63.8 Å². The van der Waals surface area contributed by atoms with E-state index in [4.69, 9.17) is 22.1 Å². The van der Waals surface area contributed by atoms with Crippen LogP contribution < -0.4 is 16.4 Å². The van der Waals surface area contributed by atoms with Gasteiger partial charge < -0.3 is 26.0 Å². The minimum Gasteiger partial charge on any atom is -0.444 e. The quantitative estimate of drug-likeness (QED) is 0.374. The van der Waals surface area contributed by atoms with E-state index in [1.54, 1.807) is 77.1 Å². The average molecular weight is 556 g/mol. The zero-order chi connectivity index (χ0) is 29.3. The number of primary amides is 1. The highest BCUT2D eigenvalue weighted by Gasteiger charge is 2.37. The van der Waals surface area contributed by atoms with Crippen molar-refractivity contribution in [3.05, 3.63) is 64.2 Å². The number of hydrogen-bond donors (Lipinski definition) is 3. The summed E-state index contributed by atoms with van der Waals surface area (Å²) >= 11 is 6.34. The first-order valence-electron chi connectivity index (χ1n) is 12.3. The minimum absolute atomic E-state index is 0.166. The van der Waals surface area contributed by atoms with Gasteiger partial charge in [0.05, 0.1) is 16.8 Å². The second-order valence-electron chi connectivity index (χ2n) is 10.0. The molecule has 0 heterocycles. The molecule has 2 unspecified atom stereocenters. The summed E-state index contributed by atoms with van der Waals surface area (Å²) in [6, 6.07) is 11.4. The fourth-order valence-corrected chi connectivity index (χ4v) is 4.16. The molecule has 0 aliphatic carbocycles. The van der Waals surface area contributed by atoms with Crippen LogP contribution in [0.1, 0.15) is 56.3 Å². The van der Waals surface area contributed by atoms with Gasteiger partial charge in [-0.2, -0.15) is 5.26 Å². The van der Waals surface area contributed by atoms with Gasteiger partial charge >= 0.3 is 6.09 Å². The Morgan fingerprint density at radius 2 is 1.72 bits per heavy atom. The van der Waals surface area contributed by atoms with E-state index >= 15 is 0 Å². The highest BCUT2D eigenvalue weighted by molar-refractivity contribution is 6.34. The molecule has 10 nitrogen and oxygen atoms in total. The lowest BCUT2D eigenvalue weighted by Gasteiger charge is -2.33. The SMILES string of the molecule is Cc1ccccc1C(C(=O)Nc1c(C)cccc1Cl)N(CC#N)C(=O)C(CCC(N)=O)NC(=O)OC(C)(C)C. The number of anilines is 1. The number of para-hydroxylation sites is 1. The van der Waals surface area contributed by atoms with Crippen LogP contribution >= 0.6 is 11.6 Å². The maximum atomic E-state index is 13.9. The van der Waals surface area contributed by atoms with Crippen LogP contribution in [0.2, 0.25) is 5.02 Å². The van der Waals surface area contributed by atoms with Crippen molar-refractivity contribution in [1.29, 1.82) is 5.26 Å². The Kier molecular flexibility index (Phi) is 10.9. The second kappa shape index (κ2) is 13.6. The van der Waals surface area contributed by atoms with Crippen LogP contribution in [0.15, 0.2) is 42.5 Å². The number of alkyl carbamates (subject to hydrolysis) is 1. The van der Waals surface area contributed by atoms with Crippen LogP contribution in [0, 0.1) is 25.2 Å². The molecular formula is C28H34ClN5O5.